The van der Waals surface area contributed by atoms with E-state index in [1.165, 1.54) is 23.4 Å². The number of piperidine rings is 1. The molecule has 32 heavy (non-hydrogen) atoms. The lowest BCUT2D eigenvalue weighted by molar-refractivity contribution is -0.128. The SMILES string of the molecule is CC(=O)c1cccc(S(=O)(=O)N2CCC(C(=O)NC3(c4noc(C)n4)CCCC3)CC2)c1. The topological polar surface area (TPSA) is 122 Å². The van der Waals surface area contributed by atoms with Gasteiger partial charge in [-0.1, -0.05) is 30.1 Å². The van der Waals surface area contributed by atoms with Gasteiger partial charge in [0.1, 0.15) is 5.54 Å². The lowest BCUT2D eigenvalue weighted by atomic mass is 9.92. The predicted octanol–water partition coefficient (Wildman–Crippen LogP) is 2.57. The summed E-state index contributed by atoms with van der Waals surface area (Å²) in [5, 5.41) is 7.22. The number of Topliss-reactive ketones (excluding diaryl/α,β-unsaturated/α-hetero) is 1. The molecule has 2 aromatic rings. The highest BCUT2D eigenvalue weighted by atomic mass is 32.2. The third-order valence-electron chi connectivity index (χ3n) is 6.48. The van der Waals surface area contributed by atoms with Crippen LogP contribution in [0.3, 0.4) is 0 Å². The van der Waals surface area contributed by atoms with E-state index in [9.17, 15) is 18.0 Å². The van der Waals surface area contributed by atoms with Crippen molar-refractivity contribution in [1.82, 2.24) is 19.8 Å². The van der Waals surface area contributed by atoms with E-state index < -0.39 is 15.6 Å². The van der Waals surface area contributed by atoms with Crippen LogP contribution in [0.2, 0.25) is 0 Å². The van der Waals surface area contributed by atoms with Gasteiger partial charge in [0.2, 0.25) is 21.8 Å². The number of ketones is 1. The predicted molar refractivity (Wildman–Crippen MR) is 115 cm³/mol. The molecule has 1 aliphatic heterocycles. The van der Waals surface area contributed by atoms with Gasteiger partial charge in [-0.2, -0.15) is 9.29 Å². The van der Waals surface area contributed by atoms with E-state index in [1.807, 2.05) is 0 Å². The molecule has 1 amide bonds. The average Bonchev–Trinajstić information content (AvgIpc) is 3.44. The summed E-state index contributed by atoms with van der Waals surface area (Å²) < 4.78 is 32.6. The van der Waals surface area contributed by atoms with Crippen LogP contribution in [0.1, 0.15) is 67.5 Å². The van der Waals surface area contributed by atoms with Gasteiger partial charge in [-0.05, 0) is 44.7 Å². The normalized spacial score (nSPS) is 19.7. The summed E-state index contributed by atoms with van der Waals surface area (Å²) in [7, 11) is -3.72. The largest absolute Gasteiger partial charge is 0.343 e. The van der Waals surface area contributed by atoms with E-state index in [0.29, 0.717) is 30.1 Å². The number of aromatic nitrogens is 2. The Morgan fingerprint density at radius 2 is 1.88 bits per heavy atom. The second-order valence-corrected chi connectivity index (χ2v) is 10.6. The lowest BCUT2D eigenvalue weighted by Gasteiger charge is -2.33. The summed E-state index contributed by atoms with van der Waals surface area (Å²) in [5.74, 6) is 0.426. The minimum atomic E-state index is -3.72. The molecule has 1 saturated heterocycles. The molecule has 1 aromatic heterocycles. The van der Waals surface area contributed by atoms with E-state index >= 15 is 0 Å². The fraction of sp³-hybridized carbons (Fsp3) is 0.545. The Kier molecular flexibility index (Phi) is 6.17. The molecule has 0 atom stereocenters. The van der Waals surface area contributed by atoms with Gasteiger partial charge in [-0.15, -0.1) is 0 Å². The van der Waals surface area contributed by atoms with Gasteiger partial charge in [-0.3, -0.25) is 9.59 Å². The van der Waals surface area contributed by atoms with Crippen LogP contribution in [0.5, 0.6) is 0 Å². The number of nitrogens with one attached hydrogen (secondary N) is 1. The number of sulfonamides is 1. The molecule has 172 valence electrons. The van der Waals surface area contributed by atoms with Gasteiger partial charge in [0.05, 0.1) is 4.90 Å². The molecule has 0 spiro atoms. The molecule has 10 heteroatoms. The number of aryl methyl sites for hydroxylation is 1. The summed E-state index contributed by atoms with van der Waals surface area (Å²) in [6.07, 6.45) is 4.33. The standard InChI is InChI=1S/C22H28N4O5S/c1-15(27)18-6-5-7-19(14-18)32(29,30)26-12-8-17(9-13-26)20(28)24-22(10-3-4-11-22)21-23-16(2)31-25-21/h5-7,14,17H,3-4,8-13H2,1-2H3,(H,24,28). The van der Waals surface area contributed by atoms with Crippen molar-refractivity contribution in [2.45, 2.75) is 62.8 Å². The molecule has 0 unspecified atom stereocenters. The smallest absolute Gasteiger partial charge is 0.243 e. The molecule has 1 N–H and O–H groups in total. The Labute approximate surface area is 187 Å². The summed E-state index contributed by atoms with van der Waals surface area (Å²) >= 11 is 0. The van der Waals surface area contributed by atoms with E-state index in [-0.39, 0.29) is 35.6 Å². The Hall–Kier alpha value is -2.59. The number of rotatable bonds is 6. The summed E-state index contributed by atoms with van der Waals surface area (Å²) in [6, 6.07) is 6.08. The van der Waals surface area contributed by atoms with Gasteiger partial charge in [0, 0.05) is 31.5 Å². The van der Waals surface area contributed by atoms with Crippen LogP contribution >= 0.6 is 0 Å². The molecule has 2 fully saturated rings. The zero-order chi connectivity index (χ0) is 22.9. The van der Waals surface area contributed by atoms with Crippen LogP contribution in [-0.2, 0) is 20.4 Å². The van der Waals surface area contributed by atoms with Crippen molar-refractivity contribution in [2.75, 3.05) is 13.1 Å². The highest BCUT2D eigenvalue weighted by Crippen LogP contribution is 2.38. The van der Waals surface area contributed by atoms with E-state index in [2.05, 4.69) is 15.5 Å². The van der Waals surface area contributed by atoms with Gasteiger partial charge in [0.15, 0.2) is 11.6 Å². The van der Waals surface area contributed by atoms with Crippen LogP contribution in [0.25, 0.3) is 0 Å². The lowest BCUT2D eigenvalue weighted by Crippen LogP contribution is -2.49. The zero-order valence-corrected chi connectivity index (χ0v) is 19.2. The maximum absolute atomic E-state index is 13.1. The Morgan fingerprint density at radius 1 is 1.19 bits per heavy atom. The van der Waals surface area contributed by atoms with Crippen LogP contribution in [0, 0.1) is 12.8 Å². The minimum absolute atomic E-state index is 0.0926. The van der Waals surface area contributed by atoms with Crippen molar-refractivity contribution in [2.24, 2.45) is 5.92 Å². The second-order valence-electron chi connectivity index (χ2n) is 8.68. The molecule has 0 bridgehead atoms. The first-order chi connectivity index (χ1) is 15.2. The van der Waals surface area contributed by atoms with Crippen molar-refractivity contribution < 1.29 is 22.5 Å². The number of benzene rings is 1. The monoisotopic (exact) mass is 460 g/mol. The third kappa shape index (κ3) is 4.33. The summed E-state index contributed by atoms with van der Waals surface area (Å²) in [5.41, 5.74) is -0.246. The first-order valence-corrected chi connectivity index (χ1v) is 12.4. The van der Waals surface area contributed by atoms with Gasteiger partial charge in [0.25, 0.3) is 0 Å². The average molecular weight is 461 g/mol. The van der Waals surface area contributed by atoms with Crippen molar-refractivity contribution in [1.29, 1.82) is 0 Å². The fourth-order valence-electron chi connectivity index (χ4n) is 4.60. The fourth-order valence-corrected chi connectivity index (χ4v) is 6.11. The molecular formula is C22H28N4O5S. The van der Waals surface area contributed by atoms with Crippen molar-refractivity contribution >= 4 is 21.7 Å². The Morgan fingerprint density at radius 3 is 2.47 bits per heavy atom. The molecule has 2 aliphatic rings. The van der Waals surface area contributed by atoms with Crippen LogP contribution < -0.4 is 5.32 Å². The number of hydrogen-bond donors (Lipinski definition) is 1. The van der Waals surface area contributed by atoms with Crippen LogP contribution in [0.15, 0.2) is 33.7 Å². The number of nitrogens with zero attached hydrogens (tertiary/aromatic N) is 3. The highest BCUT2D eigenvalue weighted by molar-refractivity contribution is 7.89. The van der Waals surface area contributed by atoms with Gasteiger partial charge in [-0.25, -0.2) is 8.42 Å². The molecule has 2 heterocycles. The molecular weight excluding hydrogens is 432 g/mol. The number of hydrogen-bond acceptors (Lipinski definition) is 7. The van der Waals surface area contributed by atoms with Crippen molar-refractivity contribution in [3.05, 3.63) is 41.5 Å². The van der Waals surface area contributed by atoms with E-state index in [0.717, 1.165) is 25.7 Å². The summed E-state index contributed by atoms with van der Waals surface area (Å²) in [6.45, 7) is 3.63. The number of carbonyl (C=O) groups excluding carboxylic acids is 2. The Balaban J connectivity index is 1.42. The van der Waals surface area contributed by atoms with Gasteiger partial charge >= 0.3 is 0 Å². The molecule has 9 nitrogen and oxygen atoms in total. The molecule has 1 aromatic carbocycles. The van der Waals surface area contributed by atoms with Crippen molar-refractivity contribution in [3.8, 4) is 0 Å². The third-order valence-corrected chi connectivity index (χ3v) is 8.37. The number of amides is 1. The highest BCUT2D eigenvalue weighted by Gasteiger charge is 2.43. The first kappa shape index (κ1) is 22.6. The molecule has 4 rings (SSSR count). The molecule has 1 saturated carbocycles. The zero-order valence-electron chi connectivity index (χ0n) is 18.3. The van der Waals surface area contributed by atoms with Gasteiger partial charge < -0.3 is 9.84 Å². The quantitative estimate of drug-likeness (QED) is 0.657. The van der Waals surface area contributed by atoms with E-state index in [1.54, 1.807) is 19.1 Å². The summed E-state index contributed by atoms with van der Waals surface area (Å²) in [4.78, 5) is 29.2. The van der Waals surface area contributed by atoms with Crippen LogP contribution in [0.4, 0.5) is 0 Å². The maximum Gasteiger partial charge on any atom is 0.243 e. The van der Waals surface area contributed by atoms with Crippen molar-refractivity contribution in [3.63, 3.8) is 0 Å². The first-order valence-electron chi connectivity index (χ1n) is 11.0. The molecule has 0 radical (unpaired) electrons. The number of carbonyl (C=O) groups is 2. The second kappa shape index (κ2) is 8.74. The minimum Gasteiger partial charge on any atom is -0.343 e. The maximum atomic E-state index is 13.1. The van der Waals surface area contributed by atoms with E-state index in [4.69, 9.17) is 4.52 Å². The Bertz CT molecular complexity index is 1110. The van der Waals surface area contributed by atoms with Crippen LogP contribution in [-0.4, -0.2) is 47.6 Å². The molecule has 1 aliphatic carbocycles.